The number of halogens is 1. The van der Waals surface area contributed by atoms with Gasteiger partial charge in [0.25, 0.3) is 0 Å². The van der Waals surface area contributed by atoms with E-state index in [-0.39, 0.29) is 11.9 Å². The Labute approximate surface area is 101 Å². The van der Waals surface area contributed by atoms with Crippen LogP contribution in [-0.4, -0.2) is 18.1 Å². The van der Waals surface area contributed by atoms with Gasteiger partial charge in [-0.05, 0) is 24.6 Å². The second-order valence-electron chi connectivity index (χ2n) is 3.59. The molecule has 88 valence electrons. The first-order valence-electron chi connectivity index (χ1n) is 5.41. The van der Waals surface area contributed by atoms with Crippen LogP contribution in [0.4, 0.5) is 4.39 Å². The van der Waals surface area contributed by atoms with Gasteiger partial charge in [-0.25, -0.2) is 4.39 Å². The molecule has 1 unspecified atom stereocenters. The van der Waals surface area contributed by atoms with Crippen LogP contribution in [0.3, 0.4) is 0 Å². The molecule has 1 atom stereocenters. The highest BCUT2D eigenvalue weighted by Gasteiger charge is 2.04. The monoisotopic (exact) mass is 239 g/mol. The highest BCUT2D eigenvalue weighted by molar-refractivity contribution is 7.99. The second-order valence-corrected chi connectivity index (χ2v) is 4.74. The Kier molecular flexibility index (Phi) is 6.19. The molecule has 0 aromatic heterocycles. The van der Waals surface area contributed by atoms with Gasteiger partial charge >= 0.3 is 0 Å². The average molecular weight is 239 g/mol. The van der Waals surface area contributed by atoms with Crippen molar-refractivity contribution in [3.8, 4) is 0 Å². The third kappa shape index (κ3) is 4.81. The van der Waals surface area contributed by atoms with E-state index in [2.05, 4.69) is 11.9 Å². The molecule has 0 radical (unpaired) electrons. The maximum absolute atomic E-state index is 13.0. The highest BCUT2D eigenvalue weighted by Crippen LogP contribution is 2.13. The van der Waals surface area contributed by atoms with E-state index in [9.17, 15) is 4.39 Å². The minimum Gasteiger partial charge on any atom is -0.309 e. The summed E-state index contributed by atoms with van der Waals surface area (Å²) < 4.78 is 13.0. The zero-order valence-corrected chi connectivity index (χ0v) is 10.4. The first kappa shape index (κ1) is 13.3. The van der Waals surface area contributed by atoms with Gasteiger partial charge in [-0.2, -0.15) is 11.8 Å². The average Bonchev–Trinajstić information content (AvgIpc) is 2.28. The van der Waals surface area contributed by atoms with E-state index in [4.69, 9.17) is 0 Å². The third-order valence-electron chi connectivity index (χ3n) is 2.28. The molecule has 0 amide bonds. The van der Waals surface area contributed by atoms with E-state index in [1.807, 2.05) is 30.8 Å². The van der Waals surface area contributed by atoms with Crippen molar-refractivity contribution in [3.05, 3.63) is 48.3 Å². The molecule has 1 rings (SSSR count). The van der Waals surface area contributed by atoms with E-state index < -0.39 is 0 Å². The Hall–Kier alpha value is -0.800. The number of hydrogen-bond acceptors (Lipinski definition) is 2. The van der Waals surface area contributed by atoms with Crippen molar-refractivity contribution in [2.24, 2.45) is 0 Å². The summed E-state index contributed by atoms with van der Waals surface area (Å²) in [4.78, 5) is 0. The van der Waals surface area contributed by atoms with E-state index in [1.54, 1.807) is 12.1 Å². The van der Waals surface area contributed by atoms with E-state index in [1.165, 1.54) is 6.07 Å². The summed E-state index contributed by atoms with van der Waals surface area (Å²) >= 11 is 1.84. The summed E-state index contributed by atoms with van der Waals surface area (Å²) in [6.45, 7) is 6.64. The van der Waals surface area contributed by atoms with Gasteiger partial charge in [0, 0.05) is 24.1 Å². The lowest BCUT2D eigenvalue weighted by Gasteiger charge is -2.13. The van der Waals surface area contributed by atoms with Crippen molar-refractivity contribution < 1.29 is 4.39 Å². The van der Waals surface area contributed by atoms with Gasteiger partial charge in [-0.1, -0.05) is 18.2 Å². The topological polar surface area (TPSA) is 12.0 Å². The minimum atomic E-state index is -0.174. The van der Waals surface area contributed by atoms with Gasteiger partial charge in [-0.3, -0.25) is 0 Å². The zero-order valence-electron chi connectivity index (χ0n) is 9.58. The Morgan fingerprint density at radius 1 is 1.56 bits per heavy atom. The van der Waals surface area contributed by atoms with E-state index >= 15 is 0 Å². The molecule has 1 aromatic carbocycles. The van der Waals surface area contributed by atoms with Crippen LogP contribution >= 0.6 is 11.8 Å². The van der Waals surface area contributed by atoms with Crippen LogP contribution in [0.25, 0.3) is 0 Å². The number of hydrogen-bond donors (Lipinski definition) is 1. The van der Waals surface area contributed by atoms with Crippen LogP contribution in [0.5, 0.6) is 0 Å². The Morgan fingerprint density at radius 2 is 2.38 bits per heavy atom. The smallest absolute Gasteiger partial charge is 0.123 e. The van der Waals surface area contributed by atoms with Crippen LogP contribution in [0.15, 0.2) is 36.9 Å². The predicted octanol–water partition coefficient (Wildman–Crippen LogP) is 3.40. The van der Waals surface area contributed by atoms with Gasteiger partial charge in [0.2, 0.25) is 0 Å². The fourth-order valence-corrected chi connectivity index (χ4v) is 2.00. The summed E-state index contributed by atoms with van der Waals surface area (Å²) in [7, 11) is 0. The molecule has 0 spiro atoms. The fourth-order valence-electron chi connectivity index (χ4n) is 1.41. The number of nitrogens with one attached hydrogen (secondary N) is 1. The Morgan fingerprint density at radius 3 is 3.06 bits per heavy atom. The van der Waals surface area contributed by atoms with Crippen molar-refractivity contribution in [2.45, 2.75) is 13.0 Å². The number of rotatable bonds is 7. The number of benzene rings is 1. The molecule has 1 N–H and O–H groups in total. The first-order valence-corrected chi connectivity index (χ1v) is 6.57. The molecule has 0 bridgehead atoms. The molecule has 0 saturated carbocycles. The lowest BCUT2D eigenvalue weighted by molar-refractivity contribution is 0.585. The lowest BCUT2D eigenvalue weighted by Crippen LogP contribution is -2.21. The van der Waals surface area contributed by atoms with Crippen molar-refractivity contribution in [3.63, 3.8) is 0 Å². The van der Waals surface area contributed by atoms with Crippen LogP contribution in [0, 0.1) is 5.82 Å². The SMILES string of the molecule is C=CCSCCNC(C)c1cccc(F)c1. The van der Waals surface area contributed by atoms with Gasteiger partial charge in [0.05, 0.1) is 0 Å². The standard InChI is InChI=1S/C13H18FNS/c1-3-8-16-9-7-15-11(2)12-5-4-6-13(14)10-12/h3-6,10-11,15H,1,7-9H2,2H3. The first-order chi connectivity index (χ1) is 7.74. The summed E-state index contributed by atoms with van der Waals surface area (Å²) in [6.07, 6.45) is 1.90. The van der Waals surface area contributed by atoms with Crippen molar-refractivity contribution in [2.75, 3.05) is 18.1 Å². The molecule has 16 heavy (non-hydrogen) atoms. The molecule has 3 heteroatoms. The van der Waals surface area contributed by atoms with Gasteiger partial charge in [0.15, 0.2) is 0 Å². The molecule has 0 aliphatic carbocycles. The van der Waals surface area contributed by atoms with Crippen molar-refractivity contribution in [1.82, 2.24) is 5.32 Å². The summed E-state index contributed by atoms with van der Waals surface area (Å²) in [6, 6.07) is 6.93. The van der Waals surface area contributed by atoms with Crippen molar-refractivity contribution >= 4 is 11.8 Å². The van der Waals surface area contributed by atoms with Gasteiger partial charge < -0.3 is 5.32 Å². The minimum absolute atomic E-state index is 0.174. The fraction of sp³-hybridized carbons (Fsp3) is 0.385. The lowest BCUT2D eigenvalue weighted by atomic mass is 10.1. The molecule has 0 aliphatic heterocycles. The maximum atomic E-state index is 13.0. The number of thioether (sulfide) groups is 1. The van der Waals surface area contributed by atoms with Crippen LogP contribution in [0.2, 0.25) is 0 Å². The van der Waals surface area contributed by atoms with E-state index in [0.29, 0.717) is 0 Å². The van der Waals surface area contributed by atoms with Gasteiger partial charge in [0.1, 0.15) is 5.82 Å². The zero-order chi connectivity index (χ0) is 11.8. The molecule has 0 heterocycles. The molecule has 0 saturated heterocycles. The van der Waals surface area contributed by atoms with Crippen LogP contribution in [-0.2, 0) is 0 Å². The van der Waals surface area contributed by atoms with E-state index in [0.717, 1.165) is 23.6 Å². The summed E-state index contributed by atoms with van der Waals surface area (Å²) in [5.74, 6) is 1.86. The largest absolute Gasteiger partial charge is 0.309 e. The third-order valence-corrected chi connectivity index (χ3v) is 3.25. The molecule has 1 nitrogen and oxygen atoms in total. The summed E-state index contributed by atoms with van der Waals surface area (Å²) in [5.41, 5.74) is 0.994. The maximum Gasteiger partial charge on any atom is 0.123 e. The van der Waals surface area contributed by atoms with Crippen molar-refractivity contribution in [1.29, 1.82) is 0 Å². The molecule has 1 aromatic rings. The molecular weight excluding hydrogens is 221 g/mol. The predicted molar refractivity (Wildman–Crippen MR) is 70.3 cm³/mol. The van der Waals surface area contributed by atoms with Crippen LogP contribution < -0.4 is 5.32 Å². The van der Waals surface area contributed by atoms with Crippen LogP contribution in [0.1, 0.15) is 18.5 Å². The Bertz CT molecular complexity index is 327. The quantitative estimate of drug-likeness (QED) is 0.578. The Balaban J connectivity index is 2.29. The molecule has 0 aliphatic rings. The summed E-state index contributed by atoms with van der Waals surface area (Å²) in [5, 5.41) is 3.36. The normalized spacial score (nSPS) is 12.4. The molecule has 0 fully saturated rings. The second kappa shape index (κ2) is 7.47. The highest BCUT2D eigenvalue weighted by atomic mass is 32.2. The molecular formula is C13H18FNS. The van der Waals surface area contributed by atoms with Gasteiger partial charge in [-0.15, -0.1) is 6.58 Å².